The van der Waals surface area contributed by atoms with Crippen molar-refractivity contribution in [3.63, 3.8) is 0 Å². The number of nitro benzene ring substituents is 1. The quantitative estimate of drug-likeness (QED) is 0.341. The Labute approximate surface area is 174 Å². The highest BCUT2D eigenvalue weighted by atomic mass is 35.5. The van der Waals surface area contributed by atoms with Gasteiger partial charge in [-0.1, -0.05) is 0 Å². The maximum absolute atomic E-state index is 11.6. The summed E-state index contributed by atoms with van der Waals surface area (Å²) in [7, 11) is 5.67. The monoisotopic (exact) mass is 415 g/mol. The van der Waals surface area contributed by atoms with Gasteiger partial charge >= 0.3 is 0 Å². The summed E-state index contributed by atoms with van der Waals surface area (Å²) >= 11 is 0. The number of hydrogen-bond acceptors (Lipinski definition) is 7. The van der Waals surface area contributed by atoms with Crippen LogP contribution in [0.4, 0.5) is 17.1 Å². The van der Waals surface area contributed by atoms with Crippen molar-refractivity contribution in [3.8, 4) is 5.75 Å². The maximum Gasteiger partial charge on any atom is 0.295 e. The number of aliphatic imine (C=N–C) groups is 1. The molecule has 0 N–H and O–H groups in total. The van der Waals surface area contributed by atoms with Crippen molar-refractivity contribution in [1.82, 2.24) is 9.88 Å². The zero-order chi connectivity index (χ0) is 19.8. The summed E-state index contributed by atoms with van der Waals surface area (Å²) in [5.74, 6) is 0.695. The van der Waals surface area contributed by atoms with E-state index >= 15 is 0 Å². The van der Waals surface area contributed by atoms with Gasteiger partial charge in [-0.3, -0.25) is 10.1 Å². The lowest BCUT2D eigenvalue weighted by molar-refractivity contribution is -0.383. The smallest absolute Gasteiger partial charge is 0.295 e. The van der Waals surface area contributed by atoms with Crippen LogP contribution in [0.1, 0.15) is 6.42 Å². The summed E-state index contributed by atoms with van der Waals surface area (Å²) < 4.78 is 5.34. The second-order valence-electron chi connectivity index (χ2n) is 7.02. The van der Waals surface area contributed by atoms with E-state index in [-0.39, 0.29) is 23.0 Å². The fourth-order valence-corrected chi connectivity index (χ4v) is 3.55. The van der Waals surface area contributed by atoms with Gasteiger partial charge in [-0.25, -0.2) is 9.98 Å². The summed E-state index contributed by atoms with van der Waals surface area (Å²) in [6, 6.07) is 8.79. The number of aromatic nitrogens is 1. The molecule has 0 fully saturated rings. The minimum absolute atomic E-state index is 0. The lowest BCUT2D eigenvalue weighted by Crippen LogP contribution is -2.27. The highest BCUT2D eigenvalue weighted by molar-refractivity contribution is 6.18. The Morgan fingerprint density at radius 1 is 1.24 bits per heavy atom. The Kier molecular flexibility index (Phi) is 5.86. The number of nitro groups is 1. The van der Waals surface area contributed by atoms with Crippen LogP contribution >= 0.6 is 12.4 Å². The van der Waals surface area contributed by atoms with Crippen LogP contribution in [-0.4, -0.2) is 55.4 Å². The molecule has 0 saturated carbocycles. The number of benzene rings is 2. The molecule has 152 valence electrons. The summed E-state index contributed by atoms with van der Waals surface area (Å²) in [4.78, 5) is 24.7. The second kappa shape index (κ2) is 8.18. The molecule has 2 aromatic carbocycles. The molecule has 0 radical (unpaired) electrons. The van der Waals surface area contributed by atoms with Crippen molar-refractivity contribution in [1.29, 1.82) is 0 Å². The van der Waals surface area contributed by atoms with Crippen molar-refractivity contribution in [2.75, 3.05) is 39.2 Å². The number of non-ortho nitro benzene ring substituents is 1. The van der Waals surface area contributed by atoms with E-state index in [1.165, 1.54) is 6.07 Å². The summed E-state index contributed by atoms with van der Waals surface area (Å²) in [5, 5.41) is 13.1. The van der Waals surface area contributed by atoms with Crippen molar-refractivity contribution >= 4 is 57.6 Å². The number of methoxy groups -OCH3 is 1. The Hall–Kier alpha value is -2.97. The normalized spacial score (nSPS) is 12.5. The maximum atomic E-state index is 11.6. The third-order valence-electron chi connectivity index (χ3n) is 4.90. The van der Waals surface area contributed by atoms with Gasteiger partial charge in [0.15, 0.2) is 5.52 Å². The first-order valence-corrected chi connectivity index (χ1v) is 9.04. The van der Waals surface area contributed by atoms with Crippen molar-refractivity contribution in [2.45, 2.75) is 6.42 Å². The van der Waals surface area contributed by atoms with E-state index in [4.69, 9.17) is 4.74 Å². The number of anilines is 1. The molecule has 4 rings (SSSR count). The van der Waals surface area contributed by atoms with Gasteiger partial charge in [-0.2, -0.15) is 0 Å². The third-order valence-corrected chi connectivity index (χ3v) is 4.90. The molecule has 9 heteroatoms. The van der Waals surface area contributed by atoms with E-state index < -0.39 is 0 Å². The minimum Gasteiger partial charge on any atom is -0.497 e. The zero-order valence-corrected chi connectivity index (χ0v) is 17.3. The number of hydrogen-bond donors (Lipinski definition) is 0. The van der Waals surface area contributed by atoms with E-state index in [1.807, 2.05) is 25.1 Å². The Bertz CT molecular complexity index is 1120. The molecule has 0 bridgehead atoms. The lowest BCUT2D eigenvalue weighted by atomic mass is 10.0. The van der Waals surface area contributed by atoms with E-state index in [0.29, 0.717) is 27.9 Å². The Morgan fingerprint density at radius 3 is 2.72 bits per heavy atom. The summed E-state index contributed by atoms with van der Waals surface area (Å²) in [6.07, 6.45) is 2.75. The van der Waals surface area contributed by atoms with Gasteiger partial charge in [0.2, 0.25) is 0 Å². The number of pyridine rings is 1. The van der Waals surface area contributed by atoms with Crippen LogP contribution in [0.25, 0.3) is 21.8 Å². The number of ether oxygens (including phenoxy) is 1. The van der Waals surface area contributed by atoms with Crippen LogP contribution < -0.4 is 9.64 Å². The third kappa shape index (κ3) is 3.68. The molecule has 0 atom stereocenters. The van der Waals surface area contributed by atoms with Gasteiger partial charge < -0.3 is 14.5 Å². The topological polar surface area (TPSA) is 84.1 Å². The van der Waals surface area contributed by atoms with Crippen LogP contribution in [0, 0.1) is 10.1 Å². The van der Waals surface area contributed by atoms with Crippen molar-refractivity contribution < 1.29 is 9.66 Å². The van der Waals surface area contributed by atoms with Gasteiger partial charge in [0, 0.05) is 18.0 Å². The largest absolute Gasteiger partial charge is 0.497 e. The Morgan fingerprint density at radius 2 is 2.03 bits per heavy atom. The molecule has 29 heavy (non-hydrogen) atoms. The van der Waals surface area contributed by atoms with E-state index in [0.717, 1.165) is 30.6 Å². The number of nitrogens with zero attached hydrogens (tertiary/aromatic N) is 5. The van der Waals surface area contributed by atoms with Crippen LogP contribution in [0.3, 0.4) is 0 Å². The van der Waals surface area contributed by atoms with Gasteiger partial charge in [-0.05, 0) is 51.3 Å². The predicted molar refractivity (Wildman–Crippen MR) is 118 cm³/mol. The molecule has 0 aliphatic carbocycles. The zero-order valence-electron chi connectivity index (χ0n) is 16.5. The molecule has 0 spiro atoms. The molecule has 1 aliphatic heterocycles. The van der Waals surface area contributed by atoms with Gasteiger partial charge in [0.1, 0.15) is 5.75 Å². The fourth-order valence-electron chi connectivity index (χ4n) is 3.55. The highest BCUT2D eigenvalue weighted by Gasteiger charge is 2.25. The number of fused-ring (bicyclic) bond motifs is 2. The van der Waals surface area contributed by atoms with Gasteiger partial charge in [0.25, 0.3) is 5.69 Å². The molecule has 0 unspecified atom stereocenters. The SMILES string of the molecule is COc1ccc2nc3c([N+](=O)[O-])ccc4c3c(c2c1)N=CN4CCCN(C)C.Cl. The van der Waals surface area contributed by atoms with E-state index in [1.54, 1.807) is 31.6 Å². The molecular formula is C20H22ClN5O3. The molecule has 0 saturated heterocycles. The van der Waals surface area contributed by atoms with E-state index in [2.05, 4.69) is 14.9 Å². The summed E-state index contributed by atoms with van der Waals surface area (Å²) in [5.41, 5.74) is 2.59. The van der Waals surface area contributed by atoms with Gasteiger partial charge in [0.05, 0.1) is 40.6 Å². The van der Waals surface area contributed by atoms with Crippen LogP contribution in [0.2, 0.25) is 0 Å². The van der Waals surface area contributed by atoms with Gasteiger partial charge in [-0.15, -0.1) is 12.4 Å². The minimum atomic E-state index is -0.389. The first-order valence-electron chi connectivity index (χ1n) is 9.04. The van der Waals surface area contributed by atoms with Crippen molar-refractivity contribution in [3.05, 3.63) is 40.4 Å². The fraction of sp³-hybridized carbons (Fsp3) is 0.300. The molecule has 0 amide bonds. The van der Waals surface area contributed by atoms with Crippen LogP contribution in [0.5, 0.6) is 5.75 Å². The first kappa shape index (κ1) is 20.8. The molecule has 1 aromatic heterocycles. The molecule has 8 nitrogen and oxygen atoms in total. The first-order chi connectivity index (χ1) is 13.5. The number of halogens is 1. The number of rotatable bonds is 6. The lowest BCUT2D eigenvalue weighted by Gasteiger charge is -2.26. The van der Waals surface area contributed by atoms with E-state index in [9.17, 15) is 10.1 Å². The average molecular weight is 416 g/mol. The standard InChI is InChI=1S/C20H21N5O3.ClH/c1-23(2)9-4-10-24-12-21-19-14-11-13(28-3)5-6-15(14)22-20-17(25(26)27)8-7-16(24)18(19)20;/h5-8,11-12H,4,9-10H2,1-3H3;1H. The predicted octanol–water partition coefficient (Wildman–Crippen LogP) is 4.16. The second-order valence-corrected chi connectivity index (χ2v) is 7.02. The molecule has 1 aliphatic rings. The summed E-state index contributed by atoms with van der Waals surface area (Å²) in [6.45, 7) is 1.71. The Balaban J connectivity index is 0.00000240. The molecular weight excluding hydrogens is 394 g/mol. The van der Waals surface area contributed by atoms with Crippen molar-refractivity contribution in [2.24, 2.45) is 4.99 Å². The molecule has 3 aromatic rings. The van der Waals surface area contributed by atoms with Crippen LogP contribution in [0.15, 0.2) is 35.3 Å². The van der Waals surface area contributed by atoms with Crippen LogP contribution in [-0.2, 0) is 0 Å². The molecule has 2 heterocycles. The highest BCUT2D eigenvalue weighted by Crippen LogP contribution is 2.44. The average Bonchev–Trinajstić information content (AvgIpc) is 2.68.